The van der Waals surface area contributed by atoms with Gasteiger partial charge in [0.05, 0.1) is 36.8 Å². The predicted octanol–water partition coefficient (Wildman–Crippen LogP) is 4.97. The zero-order chi connectivity index (χ0) is 28.7. The summed E-state index contributed by atoms with van der Waals surface area (Å²) in [5.41, 5.74) is 1.85. The molecule has 0 bridgehead atoms. The quantitative estimate of drug-likeness (QED) is 0.329. The Balaban J connectivity index is 1.33. The van der Waals surface area contributed by atoms with Gasteiger partial charge in [0.2, 0.25) is 11.8 Å². The van der Waals surface area contributed by atoms with Crippen LogP contribution in [0.15, 0.2) is 55.0 Å². The molecule has 2 atom stereocenters. The first-order chi connectivity index (χ1) is 19.1. The highest BCUT2D eigenvalue weighted by Gasteiger charge is 2.33. The van der Waals surface area contributed by atoms with Crippen molar-refractivity contribution in [3.8, 4) is 11.3 Å². The Kier molecular flexibility index (Phi) is 9.61. The number of likely N-dealkylation sites (tertiary alicyclic amines) is 1. The lowest BCUT2D eigenvalue weighted by molar-refractivity contribution is -0.134. The summed E-state index contributed by atoms with van der Waals surface area (Å²) >= 11 is 0.371. The number of hydrogen-bond acceptors (Lipinski definition) is 8. The van der Waals surface area contributed by atoms with Crippen molar-refractivity contribution in [2.45, 2.75) is 37.9 Å². The number of hydrogen-bond donors (Lipinski definition) is 2. The number of carbonyl (C=O) groups is 2. The average molecular weight is 575 g/mol. The number of amides is 2. The Morgan fingerprint density at radius 2 is 2.02 bits per heavy atom. The minimum Gasteiger partial charge on any atom is -0.383 e. The van der Waals surface area contributed by atoms with Crippen LogP contribution in [0.1, 0.15) is 36.1 Å². The first kappa shape index (κ1) is 29.3. The van der Waals surface area contributed by atoms with E-state index in [1.807, 2.05) is 6.08 Å². The van der Waals surface area contributed by atoms with Crippen LogP contribution in [0.4, 0.5) is 24.1 Å². The van der Waals surface area contributed by atoms with Crippen molar-refractivity contribution in [2.75, 3.05) is 37.4 Å². The molecule has 9 nitrogen and oxygen atoms in total. The van der Waals surface area contributed by atoms with Crippen LogP contribution in [0, 0.1) is 0 Å². The average Bonchev–Trinajstić information content (AvgIpc) is 3.59. The van der Waals surface area contributed by atoms with Crippen LogP contribution in [-0.4, -0.2) is 64.5 Å². The van der Waals surface area contributed by atoms with Gasteiger partial charge in [-0.1, -0.05) is 35.6 Å². The lowest BCUT2D eigenvalue weighted by Crippen LogP contribution is -2.33. The van der Waals surface area contributed by atoms with Gasteiger partial charge in [0.1, 0.15) is 4.88 Å². The van der Waals surface area contributed by atoms with Crippen LogP contribution in [0.25, 0.3) is 11.3 Å². The van der Waals surface area contributed by atoms with E-state index < -0.39 is 22.9 Å². The molecule has 1 aromatic carbocycles. The number of ether oxygens (including phenoxy) is 1. The van der Waals surface area contributed by atoms with Crippen molar-refractivity contribution < 1.29 is 27.5 Å². The van der Waals surface area contributed by atoms with Gasteiger partial charge in [-0.05, 0) is 37.9 Å². The summed E-state index contributed by atoms with van der Waals surface area (Å²) < 4.78 is 43.7. The van der Waals surface area contributed by atoms with E-state index in [0.29, 0.717) is 59.4 Å². The Labute approximate surface area is 233 Å². The first-order valence-corrected chi connectivity index (χ1v) is 13.4. The van der Waals surface area contributed by atoms with E-state index in [9.17, 15) is 22.8 Å². The SMILES string of the molecule is COCC1CCCN1C/C=C/C(=O)Nc1cnc(-c2cccc(C(C)C(=O)Nc3ncc(C(F)(F)F)s3)c2)cn1. The van der Waals surface area contributed by atoms with E-state index in [1.165, 1.54) is 18.5 Å². The fourth-order valence-electron chi connectivity index (χ4n) is 4.32. The molecule has 13 heteroatoms. The number of alkyl halides is 3. The molecule has 0 radical (unpaired) electrons. The van der Waals surface area contributed by atoms with Gasteiger partial charge >= 0.3 is 6.18 Å². The number of anilines is 2. The summed E-state index contributed by atoms with van der Waals surface area (Å²) in [6.45, 7) is 3.96. The second-order valence-corrected chi connectivity index (χ2v) is 10.3. The third kappa shape index (κ3) is 7.71. The van der Waals surface area contributed by atoms with E-state index in [4.69, 9.17) is 4.74 Å². The normalized spacial score (nSPS) is 16.8. The largest absolute Gasteiger partial charge is 0.427 e. The Morgan fingerprint density at radius 3 is 2.73 bits per heavy atom. The maximum atomic E-state index is 12.8. The first-order valence-electron chi connectivity index (χ1n) is 12.6. The van der Waals surface area contributed by atoms with E-state index >= 15 is 0 Å². The fraction of sp³-hybridized carbons (Fsp3) is 0.370. The molecule has 212 valence electrons. The number of nitrogens with zero attached hydrogens (tertiary/aromatic N) is 4. The van der Waals surface area contributed by atoms with Crippen LogP contribution >= 0.6 is 11.3 Å². The Morgan fingerprint density at radius 1 is 1.20 bits per heavy atom. The van der Waals surface area contributed by atoms with Gasteiger partial charge in [0, 0.05) is 31.3 Å². The van der Waals surface area contributed by atoms with Crippen LogP contribution in [0.5, 0.6) is 0 Å². The summed E-state index contributed by atoms with van der Waals surface area (Å²) in [6.07, 6.45) is 4.63. The van der Waals surface area contributed by atoms with E-state index in [-0.39, 0.29) is 11.0 Å². The van der Waals surface area contributed by atoms with E-state index in [0.717, 1.165) is 19.4 Å². The molecule has 0 saturated carbocycles. The minimum atomic E-state index is -4.52. The van der Waals surface area contributed by atoms with Crippen molar-refractivity contribution >= 4 is 34.1 Å². The standard InChI is InChI=1S/C27H29F3N6O3S/c1-17(25(38)35-26-33-14-22(40-26)27(28,29)30)18-6-3-7-19(12-18)21-13-32-23(15-31-21)34-24(37)9-5-11-36-10-4-8-20(36)16-39-2/h3,5-7,9,12-15,17,20H,4,8,10-11,16H2,1-2H3,(H,32,34,37)(H,33,35,38)/b9-5+. The molecule has 2 aromatic heterocycles. The summed E-state index contributed by atoms with van der Waals surface area (Å²) in [4.78, 5) is 38.6. The molecule has 1 aliphatic heterocycles. The Hall–Kier alpha value is -3.68. The number of aromatic nitrogens is 3. The molecular weight excluding hydrogens is 545 g/mol. The third-order valence-electron chi connectivity index (χ3n) is 6.46. The molecule has 2 N–H and O–H groups in total. The zero-order valence-electron chi connectivity index (χ0n) is 21.9. The molecular formula is C27H29F3N6O3S. The van der Waals surface area contributed by atoms with Crippen LogP contribution < -0.4 is 10.6 Å². The van der Waals surface area contributed by atoms with Gasteiger partial charge in [0.15, 0.2) is 10.9 Å². The number of carbonyl (C=O) groups excluding carboxylic acids is 2. The summed E-state index contributed by atoms with van der Waals surface area (Å²) in [6, 6.07) is 7.42. The molecule has 2 unspecified atom stereocenters. The maximum absolute atomic E-state index is 12.8. The van der Waals surface area contributed by atoms with Gasteiger partial charge in [-0.3, -0.25) is 19.5 Å². The van der Waals surface area contributed by atoms with E-state index in [1.54, 1.807) is 38.3 Å². The monoisotopic (exact) mass is 574 g/mol. The maximum Gasteiger partial charge on any atom is 0.427 e. The van der Waals surface area contributed by atoms with Crippen molar-refractivity contribution in [2.24, 2.45) is 0 Å². The summed E-state index contributed by atoms with van der Waals surface area (Å²) in [7, 11) is 1.69. The van der Waals surface area contributed by atoms with E-state index in [2.05, 4.69) is 30.5 Å². The molecule has 0 spiro atoms. The molecule has 2 amide bonds. The predicted molar refractivity (Wildman–Crippen MR) is 146 cm³/mol. The highest BCUT2D eigenvalue weighted by Crippen LogP contribution is 2.35. The van der Waals surface area contributed by atoms with Crippen molar-refractivity contribution in [3.63, 3.8) is 0 Å². The summed E-state index contributed by atoms with van der Waals surface area (Å²) in [5, 5.41) is 5.01. The minimum absolute atomic E-state index is 0.120. The molecule has 40 heavy (non-hydrogen) atoms. The number of rotatable bonds is 10. The van der Waals surface area contributed by atoms with Crippen molar-refractivity contribution in [3.05, 3.63) is 65.4 Å². The van der Waals surface area contributed by atoms with Crippen molar-refractivity contribution in [1.82, 2.24) is 19.9 Å². The highest BCUT2D eigenvalue weighted by molar-refractivity contribution is 7.15. The zero-order valence-corrected chi connectivity index (χ0v) is 22.8. The summed E-state index contributed by atoms with van der Waals surface area (Å²) in [5.74, 6) is -1.17. The Bertz CT molecular complexity index is 1350. The van der Waals surface area contributed by atoms with Crippen LogP contribution in [0.2, 0.25) is 0 Å². The molecule has 3 aromatic rings. The highest BCUT2D eigenvalue weighted by atomic mass is 32.1. The van der Waals surface area contributed by atoms with Gasteiger partial charge in [-0.2, -0.15) is 13.2 Å². The number of benzene rings is 1. The lowest BCUT2D eigenvalue weighted by Gasteiger charge is -2.21. The van der Waals surface area contributed by atoms with Gasteiger partial charge in [-0.15, -0.1) is 0 Å². The number of halogens is 3. The fourth-order valence-corrected chi connectivity index (χ4v) is 5.00. The van der Waals surface area contributed by atoms with Gasteiger partial charge < -0.3 is 15.4 Å². The molecule has 1 fully saturated rings. The third-order valence-corrected chi connectivity index (χ3v) is 7.42. The number of thiazole rings is 1. The molecule has 4 rings (SSSR count). The number of nitrogens with one attached hydrogen (secondary N) is 2. The second kappa shape index (κ2) is 13.1. The number of methoxy groups -OCH3 is 1. The van der Waals surface area contributed by atoms with Crippen LogP contribution in [0.3, 0.4) is 0 Å². The molecule has 1 aliphatic rings. The molecule has 1 saturated heterocycles. The van der Waals surface area contributed by atoms with Gasteiger partial charge in [0.25, 0.3) is 0 Å². The topological polar surface area (TPSA) is 109 Å². The van der Waals surface area contributed by atoms with Gasteiger partial charge in [-0.25, -0.2) is 9.97 Å². The lowest BCUT2D eigenvalue weighted by atomic mass is 9.97. The smallest absolute Gasteiger partial charge is 0.383 e. The molecule has 3 heterocycles. The van der Waals surface area contributed by atoms with Crippen molar-refractivity contribution in [1.29, 1.82) is 0 Å². The molecule has 0 aliphatic carbocycles. The second-order valence-electron chi connectivity index (χ2n) is 9.29. The van der Waals surface area contributed by atoms with Crippen LogP contribution in [-0.2, 0) is 20.5 Å².